The fraction of sp³-hybridized carbons (Fsp3) is 0.586. The number of aromatic nitrogens is 2. The van der Waals surface area contributed by atoms with E-state index in [0.717, 1.165) is 61.2 Å². The Hall–Kier alpha value is -2.60. The number of amides is 2. The lowest BCUT2D eigenvalue weighted by Gasteiger charge is -2.35. The number of hydrogen-bond donors (Lipinski definition) is 3. The molecular weight excluding hydrogens is 544 g/mol. The van der Waals surface area contributed by atoms with Crippen molar-refractivity contribution in [2.75, 3.05) is 31.5 Å². The summed E-state index contributed by atoms with van der Waals surface area (Å²) >= 11 is 3.16. The number of hydrogen-bond acceptors (Lipinski definition) is 9. The van der Waals surface area contributed by atoms with E-state index in [1.807, 2.05) is 33.8 Å². The second kappa shape index (κ2) is 11.0. The van der Waals surface area contributed by atoms with Crippen molar-refractivity contribution >= 4 is 49.9 Å². The van der Waals surface area contributed by atoms with Crippen LogP contribution in [0, 0.1) is 11.8 Å². The number of ether oxygens (including phenoxy) is 1. The van der Waals surface area contributed by atoms with Gasteiger partial charge in [-0.05, 0) is 83.5 Å². The van der Waals surface area contributed by atoms with Crippen molar-refractivity contribution in [2.45, 2.75) is 71.1 Å². The first-order valence-corrected chi connectivity index (χ1v) is 15.9. The third-order valence-corrected chi connectivity index (χ3v) is 10.6. The molecule has 2 amide bonds. The van der Waals surface area contributed by atoms with E-state index in [0.29, 0.717) is 32.0 Å². The Morgan fingerprint density at radius 1 is 1.20 bits per heavy atom. The Labute approximate surface area is 243 Å². The lowest BCUT2D eigenvalue weighted by atomic mass is 9.98. The van der Waals surface area contributed by atoms with Crippen molar-refractivity contribution in [3.8, 4) is 10.6 Å². The predicted octanol–water partition coefficient (Wildman–Crippen LogP) is 5.19. The fourth-order valence-electron chi connectivity index (χ4n) is 6.32. The second-order valence-corrected chi connectivity index (χ2v) is 14.3. The summed E-state index contributed by atoms with van der Waals surface area (Å²) in [5, 5.41) is 12.0. The Kier molecular flexibility index (Phi) is 7.58. The Morgan fingerprint density at radius 2 is 1.98 bits per heavy atom. The number of thiophene rings is 1. The number of anilines is 1. The van der Waals surface area contributed by atoms with Gasteiger partial charge in [-0.2, -0.15) is 0 Å². The third-order valence-electron chi connectivity index (χ3n) is 8.21. The van der Waals surface area contributed by atoms with Gasteiger partial charge in [0.2, 0.25) is 5.91 Å². The van der Waals surface area contributed by atoms with Crippen LogP contribution in [0.25, 0.3) is 20.8 Å². The summed E-state index contributed by atoms with van der Waals surface area (Å²) in [6.45, 7) is 11.2. The number of nitrogens with one attached hydrogen (secondary N) is 3. The Morgan fingerprint density at radius 3 is 2.70 bits per heavy atom. The van der Waals surface area contributed by atoms with E-state index in [4.69, 9.17) is 9.72 Å². The number of carbonyl (C=O) groups excluding carboxylic acids is 2. The van der Waals surface area contributed by atoms with Gasteiger partial charge < -0.3 is 25.6 Å². The van der Waals surface area contributed by atoms with Crippen LogP contribution in [-0.2, 0) is 16.0 Å². The highest BCUT2D eigenvalue weighted by atomic mass is 32.1. The third kappa shape index (κ3) is 5.61. The molecule has 3 aromatic rings. The molecule has 3 aromatic heterocycles. The molecule has 2 aliphatic heterocycles. The molecule has 5 heterocycles. The molecule has 0 radical (unpaired) electrons. The fourth-order valence-corrected chi connectivity index (χ4v) is 8.73. The molecule has 0 spiro atoms. The van der Waals surface area contributed by atoms with Crippen molar-refractivity contribution in [3.63, 3.8) is 0 Å². The van der Waals surface area contributed by atoms with Gasteiger partial charge in [0.1, 0.15) is 21.1 Å². The highest BCUT2D eigenvalue weighted by Crippen LogP contribution is 2.49. The van der Waals surface area contributed by atoms with Gasteiger partial charge in [0, 0.05) is 42.2 Å². The Balaban J connectivity index is 1.22. The molecule has 6 rings (SSSR count). The summed E-state index contributed by atoms with van der Waals surface area (Å²) in [5.41, 5.74) is 2.42. The predicted molar refractivity (Wildman–Crippen MR) is 160 cm³/mol. The van der Waals surface area contributed by atoms with Gasteiger partial charge in [0.25, 0.3) is 0 Å². The van der Waals surface area contributed by atoms with Gasteiger partial charge in [-0.3, -0.25) is 9.78 Å². The molecule has 1 unspecified atom stereocenters. The molecule has 2 fully saturated rings. The van der Waals surface area contributed by atoms with Crippen LogP contribution in [0.5, 0.6) is 0 Å². The number of pyridine rings is 1. The normalized spacial score (nSPS) is 24.2. The monoisotopic (exact) mass is 582 g/mol. The number of fused-ring (bicyclic) bond motifs is 3. The number of thiazole rings is 1. The van der Waals surface area contributed by atoms with Crippen LogP contribution in [0.15, 0.2) is 18.5 Å². The van der Waals surface area contributed by atoms with Crippen LogP contribution < -0.4 is 16.0 Å². The van der Waals surface area contributed by atoms with Crippen molar-refractivity contribution < 1.29 is 14.3 Å². The minimum absolute atomic E-state index is 0.00775. The van der Waals surface area contributed by atoms with Gasteiger partial charge in [0.05, 0.1) is 16.9 Å². The van der Waals surface area contributed by atoms with E-state index in [9.17, 15) is 9.59 Å². The number of carbonyl (C=O) groups is 2. The first-order chi connectivity index (χ1) is 19.2. The zero-order valence-corrected chi connectivity index (χ0v) is 25.2. The van der Waals surface area contributed by atoms with Crippen LogP contribution in [0.4, 0.5) is 9.80 Å². The molecule has 11 heteroatoms. The molecule has 0 aromatic carbocycles. The lowest BCUT2D eigenvalue weighted by molar-refractivity contribution is -0.116. The zero-order chi connectivity index (χ0) is 28.0. The average molecular weight is 583 g/mol. The van der Waals surface area contributed by atoms with Crippen molar-refractivity contribution in [1.82, 2.24) is 25.5 Å². The molecule has 3 N–H and O–H groups in total. The average Bonchev–Trinajstić information content (AvgIpc) is 3.64. The van der Waals surface area contributed by atoms with Crippen LogP contribution >= 0.6 is 22.7 Å². The first-order valence-electron chi connectivity index (χ1n) is 14.3. The number of nitrogens with zero attached hydrogens (tertiary/aromatic N) is 3. The van der Waals surface area contributed by atoms with Gasteiger partial charge in [-0.1, -0.05) is 0 Å². The molecule has 9 nitrogen and oxygen atoms in total. The highest BCUT2D eigenvalue weighted by Gasteiger charge is 2.38. The minimum Gasteiger partial charge on any atom is -0.444 e. The molecule has 1 aliphatic carbocycles. The highest BCUT2D eigenvalue weighted by molar-refractivity contribution is 7.23. The van der Waals surface area contributed by atoms with Gasteiger partial charge in [-0.15, -0.1) is 22.7 Å². The summed E-state index contributed by atoms with van der Waals surface area (Å²) in [6, 6.07) is 2.31. The molecule has 1 saturated carbocycles. The van der Waals surface area contributed by atoms with Crippen molar-refractivity contribution in [1.29, 1.82) is 0 Å². The Bertz CT molecular complexity index is 1370. The van der Waals surface area contributed by atoms with E-state index in [1.165, 1.54) is 12.8 Å². The summed E-state index contributed by atoms with van der Waals surface area (Å²) in [6.07, 6.45) is 6.72. The van der Waals surface area contributed by atoms with Crippen molar-refractivity contribution in [2.24, 2.45) is 11.8 Å². The van der Waals surface area contributed by atoms with E-state index >= 15 is 0 Å². The first kappa shape index (κ1) is 27.6. The molecule has 0 bridgehead atoms. The maximum atomic E-state index is 13.2. The van der Waals surface area contributed by atoms with Crippen LogP contribution in [-0.4, -0.2) is 64.7 Å². The van der Waals surface area contributed by atoms with E-state index < -0.39 is 5.60 Å². The molecule has 40 heavy (non-hydrogen) atoms. The van der Waals surface area contributed by atoms with Crippen LogP contribution in [0.3, 0.4) is 0 Å². The van der Waals surface area contributed by atoms with Crippen LogP contribution in [0.1, 0.15) is 63.4 Å². The van der Waals surface area contributed by atoms with E-state index in [-0.39, 0.29) is 18.0 Å². The second-order valence-electron chi connectivity index (χ2n) is 12.2. The molecule has 4 atom stereocenters. The number of rotatable bonds is 6. The SMILES string of the molecule is C[C@H]1c2sc(NC(=O)CCNC3C[C@H]4CNC[C@H]4C3)c(-c3nc4cnccc4s3)c2CCN1C(=O)OC(C)(C)C. The smallest absolute Gasteiger partial charge is 0.410 e. The zero-order valence-electron chi connectivity index (χ0n) is 23.6. The minimum atomic E-state index is -0.561. The van der Waals surface area contributed by atoms with E-state index in [2.05, 4.69) is 20.9 Å². The molecule has 1 saturated heterocycles. The van der Waals surface area contributed by atoms with E-state index in [1.54, 1.807) is 40.0 Å². The maximum Gasteiger partial charge on any atom is 0.410 e. The van der Waals surface area contributed by atoms with Crippen LogP contribution in [0.2, 0.25) is 0 Å². The van der Waals surface area contributed by atoms with Gasteiger partial charge >= 0.3 is 6.09 Å². The summed E-state index contributed by atoms with van der Waals surface area (Å²) < 4.78 is 6.75. The topological polar surface area (TPSA) is 108 Å². The summed E-state index contributed by atoms with van der Waals surface area (Å²) in [5.74, 6) is 1.54. The standard InChI is InChI=1S/C29H38N6O3S2/c1-16-25-20(7-10-35(16)28(37)38-29(2,3)4)24(26-33-21-15-30-8-5-22(21)39-26)27(40-25)34-23(36)6-9-32-19-11-17-13-31-14-18(17)12-19/h5,8,15-19,31-32H,6-7,9-14H2,1-4H3,(H,34,36)/t16-,17-,18+,19?/m0/s1. The molecular formula is C29H38N6O3S2. The molecule has 3 aliphatic rings. The quantitative estimate of drug-likeness (QED) is 0.367. The van der Waals surface area contributed by atoms with Gasteiger partial charge in [0.15, 0.2) is 0 Å². The van der Waals surface area contributed by atoms with Gasteiger partial charge in [-0.25, -0.2) is 9.78 Å². The molecule has 214 valence electrons. The van der Waals surface area contributed by atoms with Crippen molar-refractivity contribution in [3.05, 3.63) is 28.9 Å². The summed E-state index contributed by atoms with van der Waals surface area (Å²) in [7, 11) is 0. The summed E-state index contributed by atoms with van der Waals surface area (Å²) in [4.78, 5) is 38.2. The lowest BCUT2D eigenvalue weighted by Crippen LogP contribution is -2.41. The maximum absolute atomic E-state index is 13.2. The largest absolute Gasteiger partial charge is 0.444 e.